The molecule has 0 radical (unpaired) electrons. The molecule has 1 aliphatic rings. The zero-order valence-corrected chi connectivity index (χ0v) is 10.8. The van der Waals surface area contributed by atoms with Gasteiger partial charge in [0, 0.05) is 11.1 Å². The Balaban J connectivity index is 2.82. The molecule has 0 saturated carbocycles. The molecule has 0 bridgehead atoms. The number of hydroxylamine groups is 2. The highest BCUT2D eigenvalue weighted by Crippen LogP contribution is 2.38. The van der Waals surface area contributed by atoms with Crippen LogP contribution in [0.3, 0.4) is 0 Å². The van der Waals surface area contributed by atoms with Crippen molar-refractivity contribution in [1.82, 2.24) is 5.06 Å². The van der Waals surface area contributed by atoms with Gasteiger partial charge in [-0.15, -0.1) is 0 Å². The maximum atomic E-state index is 9.95. The van der Waals surface area contributed by atoms with E-state index in [1.165, 1.54) is 5.06 Å². The largest absolute Gasteiger partial charge is 0.313 e. The van der Waals surface area contributed by atoms with Crippen molar-refractivity contribution in [2.75, 3.05) is 0 Å². The third-order valence-electron chi connectivity index (χ3n) is 2.73. The fourth-order valence-electron chi connectivity index (χ4n) is 2.24. The molecule has 1 heterocycles. The normalized spacial score (nSPS) is 29.1. The second-order valence-electron chi connectivity index (χ2n) is 5.06. The summed E-state index contributed by atoms with van der Waals surface area (Å²) < 4.78 is 5.34. The Hall–Kier alpha value is 0.610. The van der Waals surface area contributed by atoms with Gasteiger partial charge in [0.2, 0.25) is 0 Å². The lowest BCUT2D eigenvalue weighted by molar-refractivity contribution is -0.253. The Morgan fingerprint density at radius 2 is 1.62 bits per heavy atom. The zero-order chi connectivity index (χ0) is 10.3. The molecule has 78 valence electrons. The van der Waals surface area contributed by atoms with E-state index in [1.807, 2.05) is 50.7 Å². The molecule has 1 N–H and O–H groups in total. The van der Waals surface area contributed by atoms with Crippen LogP contribution < -0.4 is 0 Å². The maximum Gasteiger partial charge on any atom is 0.110 e. The summed E-state index contributed by atoms with van der Waals surface area (Å²) in [6.45, 7) is 8.15. The SMILES string of the molecule is CC1(C)CC(OI)CC(C)(C)N1O. The number of rotatable bonds is 1. The highest BCUT2D eigenvalue weighted by molar-refractivity contribution is 14.1. The molecule has 13 heavy (non-hydrogen) atoms. The van der Waals surface area contributed by atoms with Crippen LogP contribution in [-0.2, 0) is 3.07 Å². The summed E-state index contributed by atoms with van der Waals surface area (Å²) in [7, 11) is 0. The molecule has 4 heteroatoms. The Kier molecular flexibility index (Phi) is 3.27. The molecule has 1 rings (SSSR count). The Bertz CT molecular complexity index is 176. The van der Waals surface area contributed by atoms with E-state index in [1.54, 1.807) is 0 Å². The Morgan fingerprint density at radius 1 is 1.23 bits per heavy atom. The van der Waals surface area contributed by atoms with Crippen LogP contribution in [0.15, 0.2) is 0 Å². The van der Waals surface area contributed by atoms with Crippen LogP contribution in [0.4, 0.5) is 0 Å². The summed E-state index contributed by atoms with van der Waals surface area (Å²) in [6, 6.07) is 0. The summed E-state index contributed by atoms with van der Waals surface area (Å²) in [5.41, 5.74) is -0.394. The lowest BCUT2D eigenvalue weighted by Gasteiger charge is -2.50. The van der Waals surface area contributed by atoms with Crippen molar-refractivity contribution < 1.29 is 8.27 Å². The number of piperidine rings is 1. The van der Waals surface area contributed by atoms with Crippen molar-refractivity contribution >= 4 is 23.0 Å². The van der Waals surface area contributed by atoms with Gasteiger partial charge in [0.15, 0.2) is 0 Å². The molecule has 0 aromatic heterocycles. The molecule has 1 aliphatic heterocycles. The maximum absolute atomic E-state index is 9.95. The molecular formula is C9H18INO2. The van der Waals surface area contributed by atoms with Crippen LogP contribution in [0.25, 0.3) is 0 Å². The minimum absolute atomic E-state index is 0.197. The van der Waals surface area contributed by atoms with Crippen molar-refractivity contribution in [1.29, 1.82) is 0 Å². The minimum atomic E-state index is -0.197. The fraction of sp³-hybridized carbons (Fsp3) is 1.00. The van der Waals surface area contributed by atoms with E-state index in [2.05, 4.69) is 0 Å². The van der Waals surface area contributed by atoms with Crippen LogP contribution in [0.2, 0.25) is 0 Å². The lowest BCUT2D eigenvalue weighted by Crippen LogP contribution is -2.60. The molecule has 0 amide bonds. The standard InChI is InChI=1S/C9H18INO2/c1-8(2)5-7(13-10)6-9(3,4)11(8)12/h7,12H,5-6H2,1-4H3. The van der Waals surface area contributed by atoms with Crippen LogP contribution in [0.5, 0.6) is 0 Å². The molecule has 0 aromatic rings. The van der Waals surface area contributed by atoms with E-state index in [-0.39, 0.29) is 17.2 Å². The molecule has 1 saturated heterocycles. The van der Waals surface area contributed by atoms with Crippen LogP contribution in [-0.4, -0.2) is 27.5 Å². The number of halogens is 1. The molecular weight excluding hydrogens is 281 g/mol. The van der Waals surface area contributed by atoms with Gasteiger partial charge in [-0.05, 0) is 40.5 Å². The van der Waals surface area contributed by atoms with Crippen LogP contribution in [0.1, 0.15) is 40.5 Å². The van der Waals surface area contributed by atoms with Gasteiger partial charge in [-0.3, -0.25) is 0 Å². The zero-order valence-electron chi connectivity index (χ0n) is 8.67. The van der Waals surface area contributed by atoms with Gasteiger partial charge in [0.05, 0.1) is 6.10 Å². The predicted molar refractivity (Wildman–Crippen MR) is 59.9 cm³/mol. The highest BCUT2D eigenvalue weighted by Gasteiger charge is 2.45. The van der Waals surface area contributed by atoms with E-state index in [0.717, 1.165) is 12.8 Å². The van der Waals surface area contributed by atoms with Crippen molar-refractivity contribution in [3.8, 4) is 0 Å². The van der Waals surface area contributed by atoms with Gasteiger partial charge in [0.1, 0.15) is 23.0 Å². The topological polar surface area (TPSA) is 32.7 Å². The van der Waals surface area contributed by atoms with E-state index in [9.17, 15) is 5.21 Å². The smallest absolute Gasteiger partial charge is 0.110 e. The Labute approximate surface area is 94.1 Å². The van der Waals surface area contributed by atoms with Gasteiger partial charge >= 0.3 is 0 Å². The number of hydrogen-bond donors (Lipinski definition) is 1. The summed E-state index contributed by atoms with van der Waals surface area (Å²) in [5.74, 6) is 0. The van der Waals surface area contributed by atoms with Gasteiger partial charge in [-0.25, -0.2) is 0 Å². The van der Waals surface area contributed by atoms with Crippen LogP contribution >= 0.6 is 23.0 Å². The molecule has 0 unspecified atom stereocenters. The average Bonchev–Trinajstić information content (AvgIpc) is 1.99. The summed E-state index contributed by atoms with van der Waals surface area (Å²) in [4.78, 5) is 0. The second kappa shape index (κ2) is 3.64. The molecule has 0 aliphatic carbocycles. The number of nitrogens with zero attached hydrogens (tertiary/aromatic N) is 1. The van der Waals surface area contributed by atoms with Crippen molar-refractivity contribution in [3.05, 3.63) is 0 Å². The van der Waals surface area contributed by atoms with Gasteiger partial charge in [0.25, 0.3) is 0 Å². The Morgan fingerprint density at radius 3 is 1.92 bits per heavy atom. The lowest BCUT2D eigenvalue weighted by atomic mass is 9.80. The second-order valence-corrected chi connectivity index (χ2v) is 5.56. The van der Waals surface area contributed by atoms with Gasteiger partial charge < -0.3 is 8.27 Å². The van der Waals surface area contributed by atoms with Crippen molar-refractivity contribution in [3.63, 3.8) is 0 Å². The van der Waals surface area contributed by atoms with Gasteiger partial charge in [-0.1, -0.05) is 0 Å². The molecule has 0 aromatic carbocycles. The number of hydrogen-bond acceptors (Lipinski definition) is 3. The van der Waals surface area contributed by atoms with E-state index in [0.29, 0.717) is 0 Å². The van der Waals surface area contributed by atoms with Crippen LogP contribution in [0, 0.1) is 0 Å². The minimum Gasteiger partial charge on any atom is -0.313 e. The van der Waals surface area contributed by atoms with Gasteiger partial charge in [-0.2, -0.15) is 5.06 Å². The molecule has 0 spiro atoms. The van der Waals surface area contributed by atoms with E-state index >= 15 is 0 Å². The quantitative estimate of drug-likeness (QED) is 0.756. The van der Waals surface area contributed by atoms with Crippen molar-refractivity contribution in [2.24, 2.45) is 0 Å². The average molecular weight is 299 g/mol. The summed E-state index contributed by atoms with van der Waals surface area (Å²) in [5, 5.41) is 11.4. The monoisotopic (exact) mass is 299 g/mol. The molecule has 3 nitrogen and oxygen atoms in total. The first-order valence-corrected chi connectivity index (χ1v) is 5.44. The highest BCUT2D eigenvalue weighted by atomic mass is 127. The third-order valence-corrected chi connectivity index (χ3v) is 3.45. The fourth-order valence-corrected chi connectivity index (χ4v) is 2.60. The summed E-state index contributed by atoms with van der Waals surface area (Å²) in [6.07, 6.45) is 1.99. The first kappa shape index (κ1) is 11.7. The first-order valence-electron chi connectivity index (χ1n) is 4.56. The third kappa shape index (κ3) is 2.34. The van der Waals surface area contributed by atoms with E-state index < -0.39 is 0 Å². The predicted octanol–water partition coefficient (Wildman–Crippen LogP) is 2.76. The molecule has 0 atom stereocenters. The first-order chi connectivity index (χ1) is 5.79. The molecule has 1 fully saturated rings. The summed E-state index contributed by atoms with van der Waals surface area (Å²) >= 11 is 1.95. The van der Waals surface area contributed by atoms with Crippen molar-refractivity contribution in [2.45, 2.75) is 57.7 Å². The van der Waals surface area contributed by atoms with E-state index in [4.69, 9.17) is 3.07 Å².